The molecule has 1 aliphatic heterocycles. The molecule has 10 heteroatoms. The van der Waals surface area contributed by atoms with Crippen LogP contribution in [-0.2, 0) is 11.4 Å². The molecule has 35 heavy (non-hydrogen) atoms. The van der Waals surface area contributed by atoms with Crippen molar-refractivity contribution in [3.63, 3.8) is 0 Å². The number of fused-ring (bicyclic) bond motifs is 1. The first-order valence-corrected chi connectivity index (χ1v) is 13.0. The SMILES string of the molecule is CCCSc1nc2n(n1)C(c1cc(Br)c(OCc3ccccc3C)c(OC)c1)C(C(N)=O)=C(C)N2. The predicted molar refractivity (Wildman–Crippen MR) is 141 cm³/mol. The Morgan fingerprint density at radius 3 is 2.74 bits per heavy atom. The lowest BCUT2D eigenvalue weighted by Gasteiger charge is -2.28. The highest BCUT2D eigenvalue weighted by molar-refractivity contribution is 9.10. The summed E-state index contributed by atoms with van der Waals surface area (Å²) in [6.45, 7) is 6.36. The number of amides is 1. The summed E-state index contributed by atoms with van der Waals surface area (Å²) in [6, 6.07) is 11.3. The summed E-state index contributed by atoms with van der Waals surface area (Å²) in [5.74, 6) is 2.04. The van der Waals surface area contributed by atoms with Crippen molar-refractivity contribution in [1.29, 1.82) is 0 Å². The Kier molecular flexibility index (Phi) is 7.71. The van der Waals surface area contributed by atoms with Gasteiger partial charge in [0.05, 0.1) is 17.2 Å². The van der Waals surface area contributed by atoms with Crippen LogP contribution in [0.3, 0.4) is 0 Å². The third-order valence-corrected chi connectivity index (χ3v) is 7.37. The highest BCUT2D eigenvalue weighted by Gasteiger charge is 2.34. The maximum absolute atomic E-state index is 12.5. The van der Waals surface area contributed by atoms with E-state index in [0.29, 0.717) is 45.0 Å². The molecule has 1 amide bonds. The van der Waals surface area contributed by atoms with Crippen molar-refractivity contribution >= 4 is 39.5 Å². The van der Waals surface area contributed by atoms with Crippen molar-refractivity contribution in [1.82, 2.24) is 14.8 Å². The lowest BCUT2D eigenvalue weighted by Crippen LogP contribution is -2.31. The fourth-order valence-corrected chi connectivity index (χ4v) is 5.23. The Labute approximate surface area is 217 Å². The highest BCUT2D eigenvalue weighted by atomic mass is 79.9. The molecule has 2 aromatic carbocycles. The molecule has 0 bridgehead atoms. The number of halogens is 1. The number of methoxy groups -OCH3 is 1. The van der Waals surface area contributed by atoms with E-state index >= 15 is 0 Å². The number of hydrogen-bond donors (Lipinski definition) is 2. The Morgan fingerprint density at radius 1 is 1.29 bits per heavy atom. The molecule has 1 aliphatic rings. The van der Waals surface area contributed by atoms with E-state index < -0.39 is 11.9 Å². The second-order valence-corrected chi connectivity index (χ2v) is 10.1. The molecule has 0 saturated carbocycles. The number of carbonyl (C=O) groups is 1. The molecule has 0 spiro atoms. The van der Waals surface area contributed by atoms with Crippen LogP contribution in [0.15, 0.2) is 57.3 Å². The summed E-state index contributed by atoms with van der Waals surface area (Å²) in [5.41, 5.74) is 9.88. The number of ether oxygens (including phenoxy) is 2. The fraction of sp³-hybridized carbons (Fsp3) is 0.320. The van der Waals surface area contributed by atoms with Crippen molar-refractivity contribution in [2.24, 2.45) is 5.73 Å². The molecule has 0 radical (unpaired) electrons. The first-order valence-electron chi connectivity index (χ1n) is 11.3. The molecule has 0 aliphatic carbocycles. The zero-order valence-electron chi connectivity index (χ0n) is 20.1. The number of anilines is 1. The molecule has 1 unspecified atom stereocenters. The van der Waals surface area contributed by atoms with E-state index in [4.69, 9.17) is 15.2 Å². The number of benzene rings is 2. The van der Waals surface area contributed by atoms with Crippen LogP contribution in [0.4, 0.5) is 5.95 Å². The predicted octanol–water partition coefficient (Wildman–Crippen LogP) is 5.21. The Morgan fingerprint density at radius 2 is 2.06 bits per heavy atom. The summed E-state index contributed by atoms with van der Waals surface area (Å²) >= 11 is 5.22. The second-order valence-electron chi connectivity index (χ2n) is 8.19. The van der Waals surface area contributed by atoms with Crippen molar-refractivity contribution in [2.45, 2.75) is 45.0 Å². The molecule has 8 nitrogen and oxygen atoms in total. The molecular formula is C25H28BrN5O3S. The maximum Gasteiger partial charge on any atom is 0.248 e. The van der Waals surface area contributed by atoms with Gasteiger partial charge >= 0.3 is 0 Å². The maximum atomic E-state index is 12.5. The van der Waals surface area contributed by atoms with Gasteiger partial charge in [-0.3, -0.25) is 4.79 Å². The van der Waals surface area contributed by atoms with Gasteiger partial charge in [-0.2, -0.15) is 4.98 Å². The number of allylic oxidation sites excluding steroid dienone is 1. The van der Waals surface area contributed by atoms with Gasteiger partial charge in [0.25, 0.3) is 0 Å². The zero-order valence-corrected chi connectivity index (χ0v) is 22.5. The molecule has 3 N–H and O–H groups in total. The normalized spacial score (nSPS) is 14.9. The Hall–Kier alpha value is -2.98. The quantitative estimate of drug-likeness (QED) is 0.348. The molecule has 184 valence electrons. The van der Waals surface area contributed by atoms with Crippen molar-refractivity contribution < 1.29 is 14.3 Å². The Balaban J connectivity index is 1.75. The van der Waals surface area contributed by atoms with E-state index in [0.717, 1.165) is 28.9 Å². The lowest BCUT2D eigenvalue weighted by molar-refractivity contribution is -0.115. The molecule has 1 atom stereocenters. The van der Waals surface area contributed by atoms with Crippen molar-refractivity contribution in [3.05, 3.63) is 68.8 Å². The summed E-state index contributed by atoms with van der Waals surface area (Å²) in [4.78, 5) is 17.1. The number of rotatable bonds is 9. The van der Waals surface area contributed by atoms with E-state index in [1.54, 1.807) is 23.6 Å². The van der Waals surface area contributed by atoms with Gasteiger partial charge < -0.3 is 20.5 Å². The van der Waals surface area contributed by atoms with Crippen LogP contribution in [0, 0.1) is 6.92 Å². The zero-order chi connectivity index (χ0) is 25.1. The minimum absolute atomic E-state index is 0.394. The highest BCUT2D eigenvalue weighted by Crippen LogP contribution is 2.43. The smallest absolute Gasteiger partial charge is 0.248 e. The van der Waals surface area contributed by atoms with Gasteiger partial charge in [-0.1, -0.05) is 43.0 Å². The van der Waals surface area contributed by atoms with Gasteiger partial charge in [0.1, 0.15) is 12.6 Å². The minimum Gasteiger partial charge on any atom is -0.493 e. The van der Waals surface area contributed by atoms with E-state index in [-0.39, 0.29) is 0 Å². The van der Waals surface area contributed by atoms with Gasteiger partial charge in [-0.05, 0) is 65.0 Å². The molecular weight excluding hydrogens is 530 g/mol. The van der Waals surface area contributed by atoms with Crippen LogP contribution in [0.2, 0.25) is 0 Å². The van der Waals surface area contributed by atoms with E-state index in [1.165, 1.54) is 0 Å². The van der Waals surface area contributed by atoms with Gasteiger partial charge in [0.15, 0.2) is 11.5 Å². The van der Waals surface area contributed by atoms with Gasteiger partial charge in [-0.25, -0.2) is 4.68 Å². The molecule has 0 fully saturated rings. The first-order chi connectivity index (χ1) is 16.8. The third-order valence-electron chi connectivity index (χ3n) is 5.73. The van der Waals surface area contributed by atoms with Crippen LogP contribution >= 0.6 is 27.7 Å². The standard InChI is InChI=1S/C25H28BrN5O3S/c1-5-10-35-25-29-24-28-15(3)20(23(27)32)21(31(24)30-25)17-11-18(26)22(19(12-17)33-4)34-13-16-9-7-6-8-14(16)2/h6-9,11-12,21H,5,10,13H2,1-4H3,(H2,27,32)(H,28,29,30). The number of thioether (sulfide) groups is 1. The van der Waals surface area contributed by atoms with E-state index in [2.05, 4.69) is 38.3 Å². The number of nitrogens with two attached hydrogens (primary N) is 1. The summed E-state index contributed by atoms with van der Waals surface area (Å²) < 4.78 is 14.3. The topological polar surface area (TPSA) is 104 Å². The lowest BCUT2D eigenvalue weighted by atomic mass is 9.95. The monoisotopic (exact) mass is 557 g/mol. The molecule has 4 rings (SSSR count). The molecule has 2 heterocycles. The summed E-state index contributed by atoms with van der Waals surface area (Å²) in [6.07, 6.45) is 1.00. The number of nitrogens with zero attached hydrogens (tertiary/aromatic N) is 3. The van der Waals surface area contributed by atoms with Crippen LogP contribution in [0.25, 0.3) is 0 Å². The van der Waals surface area contributed by atoms with Crippen molar-refractivity contribution in [3.8, 4) is 11.5 Å². The molecule has 1 aromatic heterocycles. The number of aromatic nitrogens is 3. The van der Waals surface area contributed by atoms with Crippen LogP contribution < -0.4 is 20.5 Å². The molecule has 3 aromatic rings. The number of carbonyl (C=O) groups excluding carboxylic acids is 1. The average Bonchev–Trinajstić information content (AvgIpc) is 3.23. The summed E-state index contributed by atoms with van der Waals surface area (Å²) in [5, 5.41) is 8.50. The van der Waals surface area contributed by atoms with E-state index in [1.807, 2.05) is 50.2 Å². The van der Waals surface area contributed by atoms with Crippen LogP contribution in [0.5, 0.6) is 11.5 Å². The molecule has 0 saturated heterocycles. The van der Waals surface area contributed by atoms with Crippen LogP contribution in [0.1, 0.15) is 43.0 Å². The minimum atomic E-state index is -0.567. The first kappa shape index (κ1) is 25.1. The fourth-order valence-electron chi connectivity index (χ4n) is 3.97. The number of nitrogens with one attached hydrogen (secondary N) is 1. The van der Waals surface area contributed by atoms with Crippen LogP contribution in [-0.4, -0.2) is 33.5 Å². The number of primary amides is 1. The largest absolute Gasteiger partial charge is 0.493 e. The average molecular weight is 559 g/mol. The number of aryl methyl sites for hydroxylation is 1. The van der Waals surface area contributed by atoms with Gasteiger partial charge in [-0.15, -0.1) is 5.10 Å². The summed E-state index contributed by atoms with van der Waals surface area (Å²) in [7, 11) is 1.59. The third kappa shape index (κ3) is 5.18. The Bertz CT molecular complexity index is 1290. The second kappa shape index (κ2) is 10.7. The van der Waals surface area contributed by atoms with Gasteiger partial charge in [0.2, 0.25) is 17.0 Å². The van der Waals surface area contributed by atoms with E-state index in [9.17, 15) is 4.79 Å². The number of hydrogen-bond acceptors (Lipinski definition) is 7. The van der Waals surface area contributed by atoms with Crippen molar-refractivity contribution in [2.75, 3.05) is 18.2 Å². The van der Waals surface area contributed by atoms with Gasteiger partial charge in [0, 0.05) is 11.4 Å².